The van der Waals surface area contributed by atoms with Gasteiger partial charge >= 0.3 is 0 Å². The topological polar surface area (TPSA) is 61.8 Å². The minimum Gasteiger partial charge on any atom is -0.497 e. The molecule has 0 saturated heterocycles. The van der Waals surface area contributed by atoms with E-state index in [4.69, 9.17) is 13.7 Å². The van der Waals surface area contributed by atoms with Crippen molar-refractivity contribution in [3.63, 3.8) is 0 Å². The Hall–Kier alpha value is -2.05. The van der Waals surface area contributed by atoms with Gasteiger partial charge in [0.25, 0.3) is 10.1 Å². The van der Waals surface area contributed by atoms with Crippen LogP contribution in [0.2, 0.25) is 0 Å². The van der Waals surface area contributed by atoms with Gasteiger partial charge in [0.2, 0.25) is 0 Å². The Morgan fingerprint density at radius 2 is 1.65 bits per heavy atom. The quantitative estimate of drug-likeness (QED) is 0.728. The number of ether oxygens (including phenoxy) is 2. The molecule has 0 spiro atoms. The highest BCUT2D eigenvalue weighted by Gasteiger charge is 2.15. The van der Waals surface area contributed by atoms with E-state index in [0.29, 0.717) is 17.9 Å². The molecule has 0 radical (unpaired) electrons. The average Bonchev–Trinajstić information content (AvgIpc) is 2.55. The Labute approximate surface area is 136 Å². The van der Waals surface area contributed by atoms with E-state index in [0.717, 1.165) is 11.1 Å². The predicted octanol–water partition coefficient (Wildman–Crippen LogP) is 2.96. The number of hydrogen-bond acceptors (Lipinski definition) is 5. The van der Waals surface area contributed by atoms with E-state index in [1.54, 1.807) is 50.6 Å². The molecule has 0 saturated carbocycles. The highest BCUT2D eigenvalue weighted by molar-refractivity contribution is 7.86. The van der Waals surface area contributed by atoms with Crippen LogP contribution in [0.15, 0.2) is 47.4 Å². The van der Waals surface area contributed by atoms with Gasteiger partial charge in [-0.05, 0) is 30.7 Å². The zero-order chi connectivity index (χ0) is 16.9. The van der Waals surface area contributed by atoms with Crippen molar-refractivity contribution in [1.82, 2.24) is 0 Å². The molecule has 2 aromatic carbocycles. The van der Waals surface area contributed by atoms with E-state index in [1.165, 1.54) is 0 Å². The molecule has 124 valence electrons. The molecule has 0 unspecified atom stereocenters. The standard InChI is InChI=1S/C17H20O5S/c1-13-4-8-16(9-5-13)23(18,19)22-11-10-14-6-7-15(20-2)12-17(14)21-3/h4-9,12H,10-11H2,1-3H3. The van der Waals surface area contributed by atoms with Gasteiger partial charge in [-0.1, -0.05) is 23.8 Å². The first-order valence-corrected chi connectivity index (χ1v) is 8.54. The molecule has 0 N–H and O–H groups in total. The lowest BCUT2D eigenvalue weighted by Gasteiger charge is -2.11. The lowest BCUT2D eigenvalue weighted by molar-refractivity contribution is 0.318. The summed E-state index contributed by atoms with van der Waals surface area (Å²) in [6.45, 7) is 1.94. The molecule has 0 bridgehead atoms. The van der Waals surface area contributed by atoms with Crippen LogP contribution < -0.4 is 9.47 Å². The summed E-state index contributed by atoms with van der Waals surface area (Å²) in [5.41, 5.74) is 1.85. The van der Waals surface area contributed by atoms with Crippen LogP contribution in [-0.2, 0) is 20.7 Å². The molecule has 0 atom stereocenters. The zero-order valence-corrected chi connectivity index (χ0v) is 14.2. The lowest BCUT2D eigenvalue weighted by atomic mass is 10.1. The van der Waals surface area contributed by atoms with Crippen molar-refractivity contribution >= 4 is 10.1 Å². The van der Waals surface area contributed by atoms with Crippen LogP contribution in [0.4, 0.5) is 0 Å². The van der Waals surface area contributed by atoms with E-state index in [-0.39, 0.29) is 11.5 Å². The summed E-state index contributed by atoms with van der Waals surface area (Å²) >= 11 is 0. The summed E-state index contributed by atoms with van der Waals surface area (Å²) in [4.78, 5) is 0.157. The largest absolute Gasteiger partial charge is 0.497 e. The summed E-state index contributed by atoms with van der Waals surface area (Å²) in [6, 6.07) is 11.9. The van der Waals surface area contributed by atoms with Crippen molar-refractivity contribution in [2.24, 2.45) is 0 Å². The third-order valence-electron chi connectivity index (χ3n) is 3.41. The van der Waals surface area contributed by atoms with Crippen molar-refractivity contribution in [3.05, 3.63) is 53.6 Å². The van der Waals surface area contributed by atoms with Crippen LogP contribution in [0, 0.1) is 6.92 Å². The van der Waals surface area contributed by atoms with Crippen molar-refractivity contribution in [1.29, 1.82) is 0 Å². The normalized spacial score (nSPS) is 11.3. The SMILES string of the molecule is COc1ccc(CCOS(=O)(=O)c2ccc(C)cc2)c(OC)c1. The summed E-state index contributed by atoms with van der Waals surface area (Å²) < 4.78 is 39.7. The average molecular weight is 336 g/mol. The molecule has 2 aromatic rings. The van der Waals surface area contributed by atoms with Crippen molar-refractivity contribution < 1.29 is 22.1 Å². The van der Waals surface area contributed by atoms with E-state index < -0.39 is 10.1 Å². The van der Waals surface area contributed by atoms with E-state index >= 15 is 0 Å². The molecule has 0 aliphatic heterocycles. The number of rotatable bonds is 7. The van der Waals surface area contributed by atoms with Crippen molar-refractivity contribution in [2.45, 2.75) is 18.2 Å². The number of hydrogen-bond donors (Lipinski definition) is 0. The maximum atomic E-state index is 12.1. The maximum absolute atomic E-state index is 12.1. The minimum absolute atomic E-state index is 0.0406. The molecule has 0 amide bonds. The Balaban J connectivity index is 2.03. The van der Waals surface area contributed by atoms with Crippen molar-refractivity contribution in [3.8, 4) is 11.5 Å². The monoisotopic (exact) mass is 336 g/mol. The van der Waals surface area contributed by atoms with Crippen LogP contribution in [0.1, 0.15) is 11.1 Å². The molecule has 0 heterocycles. The fraction of sp³-hybridized carbons (Fsp3) is 0.294. The fourth-order valence-corrected chi connectivity index (χ4v) is 3.00. The molecule has 0 aromatic heterocycles. The summed E-state index contributed by atoms with van der Waals surface area (Å²) in [6.07, 6.45) is 0.415. The van der Waals surface area contributed by atoms with Gasteiger partial charge in [0, 0.05) is 12.5 Å². The predicted molar refractivity (Wildman–Crippen MR) is 87.6 cm³/mol. The molecule has 0 fully saturated rings. The molecule has 6 heteroatoms. The second-order valence-corrected chi connectivity index (χ2v) is 6.63. The molecule has 0 aliphatic carbocycles. The van der Waals surface area contributed by atoms with Gasteiger partial charge < -0.3 is 9.47 Å². The Morgan fingerprint density at radius 1 is 0.957 bits per heavy atom. The van der Waals surface area contributed by atoms with Gasteiger partial charge in [-0.15, -0.1) is 0 Å². The fourth-order valence-electron chi connectivity index (χ4n) is 2.09. The van der Waals surface area contributed by atoms with E-state index in [2.05, 4.69) is 0 Å². The second-order valence-electron chi connectivity index (χ2n) is 5.02. The number of methoxy groups -OCH3 is 2. The summed E-state index contributed by atoms with van der Waals surface area (Å²) in [5, 5.41) is 0. The maximum Gasteiger partial charge on any atom is 0.296 e. The van der Waals surface area contributed by atoms with Crippen LogP contribution in [0.25, 0.3) is 0 Å². The zero-order valence-electron chi connectivity index (χ0n) is 13.4. The Bertz CT molecular complexity index is 751. The third kappa shape index (κ3) is 4.46. The Kier molecular flexibility index (Phi) is 5.63. The van der Waals surface area contributed by atoms with Crippen LogP contribution in [0.5, 0.6) is 11.5 Å². The van der Waals surface area contributed by atoms with Crippen LogP contribution >= 0.6 is 0 Å². The van der Waals surface area contributed by atoms with Gasteiger partial charge in [0.1, 0.15) is 11.5 Å². The van der Waals surface area contributed by atoms with Gasteiger partial charge in [-0.2, -0.15) is 8.42 Å². The minimum atomic E-state index is -3.75. The molecule has 0 aliphatic rings. The molecule has 5 nitrogen and oxygen atoms in total. The Morgan fingerprint density at radius 3 is 2.26 bits per heavy atom. The van der Waals surface area contributed by atoms with Gasteiger partial charge in [-0.25, -0.2) is 0 Å². The van der Waals surface area contributed by atoms with Crippen molar-refractivity contribution in [2.75, 3.05) is 20.8 Å². The first kappa shape index (κ1) is 17.3. The molecule has 2 rings (SSSR count). The first-order chi connectivity index (χ1) is 11.0. The molecular formula is C17H20O5S. The molecular weight excluding hydrogens is 316 g/mol. The smallest absolute Gasteiger partial charge is 0.296 e. The number of benzene rings is 2. The number of aryl methyl sites for hydroxylation is 1. The second kappa shape index (κ2) is 7.48. The third-order valence-corrected chi connectivity index (χ3v) is 4.74. The van der Waals surface area contributed by atoms with Gasteiger partial charge in [-0.3, -0.25) is 4.18 Å². The van der Waals surface area contributed by atoms with Gasteiger partial charge in [0.05, 0.1) is 25.7 Å². The van der Waals surface area contributed by atoms with E-state index in [1.807, 2.05) is 13.0 Å². The van der Waals surface area contributed by atoms with Gasteiger partial charge in [0.15, 0.2) is 0 Å². The first-order valence-electron chi connectivity index (χ1n) is 7.13. The summed E-state index contributed by atoms with van der Waals surface area (Å²) in [5.74, 6) is 1.32. The van der Waals surface area contributed by atoms with E-state index in [9.17, 15) is 8.42 Å². The summed E-state index contributed by atoms with van der Waals surface area (Å²) in [7, 11) is -0.612. The highest BCUT2D eigenvalue weighted by atomic mass is 32.2. The lowest BCUT2D eigenvalue weighted by Crippen LogP contribution is -2.09. The van der Waals surface area contributed by atoms with Crippen LogP contribution in [-0.4, -0.2) is 29.2 Å². The highest BCUT2D eigenvalue weighted by Crippen LogP contribution is 2.25. The van der Waals surface area contributed by atoms with Crippen LogP contribution in [0.3, 0.4) is 0 Å². The molecule has 23 heavy (non-hydrogen) atoms.